The molecule has 1 amide bonds. The van der Waals surface area contributed by atoms with Gasteiger partial charge in [-0.1, -0.05) is 12.1 Å². The van der Waals surface area contributed by atoms with E-state index in [1.54, 1.807) is 18.2 Å². The van der Waals surface area contributed by atoms with E-state index < -0.39 is 0 Å². The second kappa shape index (κ2) is 4.32. The van der Waals surface area contributed by atoms with E-state index in [1.165, 1.54) is 18.3 Å². The van der Waals surface area contributed by atoms with Crippen LogP contribution in [0.5, 0.6) is 5.75 Å². The van der Waals surface area contributed by atoms with E-state index >= 15 is 0 Å². The molecule has 0 aliphatic carbocycles. The number of hydrogen-bond acceptors (Lipinski definition) is 4. The van der Waals surface area contributed by atoms with Gasteiger partial charge in [0.15, 0.2) is 5.13 Å². The molecule has 0 fully saturated rings. The van der Waals surface area contributed by atoms with E-state index in [-0.39, 0.29) is 11.7 Å². The first-order valence-electron chi connectivity index (χ1n) is 4.67. The fraction of sp³-hybridized carbons (Fsp3) is 0.0909. The SMILES string of the molecule is CC(=O)Nc1nc(-c2cccc(O)c2)cs1. The molecular formula is C11H10N2O2S. The van der Waals surface area contributed by atoms with Crippen molar-refractivity contribution in [1.29, 1.82) is 0 Å². The largest absolute Gasteiger partial charge is 0.508 e. The predicted molar refractivity (Wildman–Crippen MR) is 63.5 cm³/mol. The number of benzene rings is 1. The molecule has 2 rings (SSSR count). The summed E-state index contributed by atoms with van der Waals surface area (Å²) < 4.78 is 0. The number of aromatic hydroxyl groups is 1. The maximum atomic E-state index is 10.8. The normalized spacial score (nSPS) is 10.1. The summed E-state index contributed by atoms with van der Waals surface area (Å²) in [4.78, 5) is 15.1. The zero-order chi connectivity index (χ0) is 11.5. The van der Waals surface area contributed by atoms with Crippen molar-refractivity contribution in [3.05, 3.63) is 29.6 Å². The summed E-state index contributed by atoms with van der Waals surface area (Å²) in [7, 11) is 0. The Kier molecular flexibility index (Phi) is 2.87. The topological polar surface area (TPSA) is 62.2 Å². The van der Waals surface area contributed by atoms with E-state index in [0.29, 0.717) is 5.13 Å². The van der Waals surface area contributed by atoms with Crippen molar-refractivity contribution in [2.24, 2.45) is 0 Å². The van der Waals surface area contributed by atoms with Crippen molar-refractivity contribution in [2.75, 3.05) is 5.32 Å². The smallest absolute Gasteiger partial charge is 0.223 e. The molecular weight excluding hydrogens is 224 g/mol. The zero-order valence-corrected chi connectivity index (χ0v) is 9.41. The van der Waals surface area contributed by atoms with Crippen molar-refractivity contribution in [1.82, 2.24) is 4.98 Å². The number of nitrogens with one attached hydrogen (secondary N) is 1. The quantitative estimate of drug-likeness (QED) is 0.839. The molecule has 16 heavy (non-hydrogen) atoms. The third kappa shape index (κ3) is 2.38. The highest BCUT2D eigenvalue weighted by Crippen LogP contribution is 2.26. The van der Waals surface area contributed by atoms with Gasteiger partial charge in [0.1, 0.15) is 5.75 Å². The van der Waals surface area contributed by atoms with Crippen LogP contribution in [0.3, 0.4) is 0 Å². The van der Waals surface area contributed by atoms with E-state index in [9.17, 15) is 9.90 Å². The first-order valence-corrected chi connectivity index (χ1v) is 5.55. The molecule has 1 heterocycles. The molecule has 5 heteroatoms. The lowest BCUT2D eigenvalue weighted by Gasteiger charge is -1.97. The minimum absolute atomic E-state index is 0.142. The lowest BCUT2D eigenvalue weighted by Crippen LogP contribution is -2.04. The molecule has 0 aliphatic heterocycles. The molecule has 0 bridgehead atoms. The Balaban J connectivity index is 2.28. The lowest BCUT2D eigenvalue weighted by molar-refractivity contribution is -0.114. The van der Waals surface area contributed by atoms with Crippen LogP contribution >= 0.6 is 11.3 Å². The fourth-order valence-corrected chi connectivity index (χ4v) is 2.05. The number of thiazole rings is 1. The minimum atomic E-state index is -0.142. The number of carbonyl (C=O) groups excluding carboxylic acids is 1. The highest BCUT2D eigenvalue weighted by Gasteiger charge is 2.05. The summed E-state index contributed by atoms with van der Waals surface area (Å²) in [5.74, 6) is 0.0587. The molecule has 0 aliphatic rings. The van der Waals surface area contributed by atoms with E-state index in [2.05, 4.69) is 10.3 Å². The van der Waals surface area contributed by atoms with Gasteiger partial charge in [0.25, 0.3) is 0 Å². The Morgan fingerprint density at radius 3 is 3.00 bits per heavy atom. The summed E-state index contributed by atoms with van der Waals surface area (Å²) in [5, 5.41) is 14.3. The second-order valence-electron chi connectivity index (χ2n) is 3.27. The van der Waals surface area contributed by atoms with Crippen LogP contribution in [0, 0.1) is 0 Å². The summed E-state index contributed by atoms with van der Waals surface area (Å²) in [5.41, 5.74) is 1.57. The van der Waals surface area contributed by atoms with Gasteiger partial charge in [-0.05, 0) is 12.1 Å². The molecule has 4 nitrogen and oxygen atoms in total. The van der Waals surface area contributed by atoms with Gasteiger partial charge < -0.3 is 10.4 Å². The average Bonchev–Trinajstić information content (AvgIpc) is 2.65. The maximum absolute atomic E-state index is 10.8. The number of hydrogen-bond donors (Lipinski definition) is 2. The number of carbonyl (C=O) groups is 1. The molecule has 1 aromatic carbocycles. The Morgan fingerprint density at radius 2 is 2.31 bits per heavy atom. The van der Waals surface area contributed by atoms with E-state index in [0.717, 1.165) is 11.3 Å². The third-order valence-corrected chi connectivity index (χ3v) is 2.69. The number of phenolic OH excluding ortho intramolecular Hbond substituents is 1. The average molecular weight is 234 g/mol. The summed E-state index contributed by atoms with van der Waals surface area (Å²) in [6.45, 7) is 1.44. The molecule has 2 aromatic rings. The molecule has 1 aromatic heterocycles. The van der Waals surface area contributed by atoms with Crippen LogP contribution in [0.15, 0.2) is 29.6 Å². The van der Waals surface area contributed by atoms with Crippen molar-refractivity contribution < 1.29 is 9.90 Å². The lowest BCUT2D eigenvalue weighted by atomic mass is 10.2. The molecule has 0 atom stereocenters. The van der Waals surface area contributed by atoms with Gasteiger partial charge >= 0.3 is 0 Å². The van der Waals surface area contributed by atoms with Crippen molar-refractivity contribution in [2.45, 2.75) is 6.92 Å². The van der Waals surface area contributed by atoms with Crippen LogP contribution < -0.4 is 5.32 Å². The Bertz CT molecular complexity index is 522. The molecule has 82 valence electrons. The molecule has 0 spiro atoms. The number of anilines is 1. The Labute approximate surface area is 96.6 Å². The van der Waals surface area contributed by atoms with Crippen LogP contribution in [0.25, 0.3) is 11.3 Å². The number of phenols is 1. The van der Waals surface area contributed by atoms with Gasteiger partial charge in [0.05, 0.1) is 5.69 Å². The van der Waals surface area contributed by atoms with Crippen molar-refractivity contribution >= 4 is 22.4 Å². The molecule has 2 N–H and O–H groups in total. The van der Waals surface area contributed by atoms with Gasteiger partial charge in [-0.3, -0.25) is 4.79 Å². The van der Waals surface area contributed by atoms with Crippen molar-refractivity contribution in [3.8, 4) is 17.0 Å². The summed E-state index contributed by atoms with van der Waals surface area (Å²) >= 11 is 1.35. The molecule has 0 saturated carbocycles. The number of amides is 1. The first kappa shape index (κ1) is 10.6. The Morgan fingerprint density at radius 1 is 1.50 bits per heavy atom. The van der Waals surface area contributed by atoms with Gasteiger partial charge in [-0.2, -0.15) is 0 Å². The number of nitrogens with zero attached hydrogens (tertiary/aromatic N) is 1. The maximum Gasteiger partial charge on any atom is 0.223 e. The minimum Gasteiger partial charge on any atom is -0.508 e. The van der Waals surface area contributed by atoms with Gasteiger partial charge in [-0.25, -0.2) is 4.98 Å². The second-order valence-corrected chi connectivity index (χ2v) is 4.13. The van der Waals surface area contributed by atoms with Crippen LogP contribution in [0.4, 0.5) is 5.13 Å². The first-order chi connectivity index (χ1) is 7.65. The molecule has 0 unspecified atom stereocenters. The Hall–Kier alpha value is -1.88. The van der Waals surface area contributed by atoms with Crippen LogP contribution in [-0.2, 0) is 4.79 Å². The number of aromatic nitrogens is 1. The fourth-order valence-electron chi connectivity index (χ4n) is 1.28. The van der Waals surface area contributed by atoms with Gasteiger partial charge in [-0.15, -0.1) is 11.3 Å². The third-order valence-electron chi connectivity index (χ3n) is 1.93. The highest BCUT2D eigenvalue weighted by atomic mass is 32.1. The van der Waals surface area contributed by atoms with Crippen LogP contribution in [-0.4, -0.2) is 16.0 Å². The monoisotopic (exact) mass is 234 g/mol. The van der Waals surface area contributed by atoms with Gasteiger partial charge in [0.2, 0.25) is 5.91 Å². The highest BCUT2D eigenvalue weighted by molar-refractivity contribution is 7.14. The summed E-state index contributed by atoms with van der Waals surface area (Å²) in [6, 6.07) is 6.84. The van der Waals surface area contributed by atoms with E-state index in [4.69, 9.17) is 0 Å². The molecule has 0 saturated heterocycles. The predicted octanol–water partition coefficient (Wildman–Crippen LogP) is 2.47. The zero-order valence-electron chi connectivity index (χ0n) is 8.60. The standard InChI is InChI=1S/C11H10N2O2S/c1-7(14)12-11-13-10(6-16-11)8-3-2-4-9(15)5-8/h2-6,15H,1H3,(H,12,13,14). The van der Waals surface area contributed by atoms with E-state index in [1.807, 2.05) is 11.4 Å². The van der Waals surface area contributed by atoms with Crippen LogP contribution in [0.1, 0.15) is 6.92 Å². The molecule has 0 radical (unpaired) electrons. The number of rotatable bonds is 2. The summed E-state index contributed by atoms with van der Waals surface area (Å²) in [6.07, 6.45) is 0. The van der Waals surface area contributed by atoms with Gasteiger partial charge in [0, 0.05) is 17.9 Å². The van der Waals surface area contributed by atoms with Crippen LogP contribution in [0.2, 0.25) is 0 Å². The van der Waals surface area contributed by atoms with Crippen molar-refractivity contribution in [3.63, 3.8) is 0 Å².